The Hall–Kier alpha value is -1.57. The second kappa shape index (κ2) is 4.36. The molecule has 0 spiro atoms. The van der Waals surface area contributed by atoms with Gasteiger partial charge < -0.3 is 9.53 Å². The monoisotopic (exact) mass is 230 g/mol. The molecule has 90 valence electrons. The van der Waals surface area contributed by atoms with Crippen molar-refractivity contribution in [3.8, 4) is 5.75 Å². The van der Waals surface area contributed by atoms with Crippen LogP contribution in [0, 0.1) is 0 Å². The Balaban J connectivity index is 2.44. The van der Waals surface area contributed by atoms with Gasteiger partial charge in [-0.05, 0) is 49.4 Å². The molecule has 0 radical (unpaired) electrons. The molecule has 1 atom stereocenters. The van der Waals surface area contributed by atoms with E-state index < -0.39 is 0 Å². The third kappa shape index (κ3) is 1.99. The van der Waals surface area contributed by atoms with Gasteiger partial charge in [-0.3, -0.25) is 0 Å². The minimum Gasteiger partial charge on any atom is -0.497 e. The molecule has 0 amide bonds. The first-order valence-electron chi connectivity index (χ1n) is 5.89. The minimum atomic E-state index is -0.354. The van der Waals surface area contributed by atoms with Gasteiger partial charge in [0, 0.05) is 0 Å². The molecule has 0 saturated heterocycles. The predicted molar refractivity (Wildman–Crippen MR) is 68.5 cm³/mol. The number of carbonyl (C=O) groups excluding carboxylic acids is 1. The highest BCUT2D eigenvalue weighted by Crippen LogP contribution is 2.42. The van der Waals surface area contributed by atoms with E-state index in [0.29, 0.717) is 0 Å². The van der Waals surface area contributed by atoms with Crippen LogP contribution in [0.3, 0.4) is 0 Å². The molecule has 0 aromatic heterocycles. The van der Waals surface area contributed by atoms with Crippen molar-refractivity contribution in [2.45, 2.75) is 31.6 Å². The number of methoxy groups -OCH3 is 1. The van der Waals surface area contributed by atoms with Crippen molar-refractivity contribution in [1.82, 2.24) is 0 Å². The van der Waals surface area contributed by atoms with E-state index in [0.717, 1.165) is 42.4 Å². The summed E-state index contributed by atoms with van der Waals surface area (Å²) in [5.41, 5.74) is 3.09. The van der Waals surface area contributed by atoms with Gasteiger partial charge in [0.15, 0.2) is 0 Å². The molecule has 0 bridgehead atoms. The van der Waals surface area contributed by atoms with Gasteiger partial charge in [-0.2, -0.15) is 0 Å². The second-order valence-corrected chi connectivity index (χ2v) is 4.93. The maximum absolute atomic E-state index is 11.5. The quantitative estimate of drug-likeness (QED) is 0.587. The Morgan fingerprint density at radius 1 is 1.59 bits per heavy atom. The van der Waals surface area contributed by atoms with Gasteiger partial charge in [-0.25, -0.2) is 0 Å². The molecule has 1 aliphatic rings. The molecule has 2 rings (SSSR count). The zero-order valence-electron chi connectivity index (χ0n) is 10.5. The van der Waals surface area contributed by atoms with Crippen molar-refractivity contribution >= 4 is 6.29 Å². The third-order valence-electron chi connectivity index (χ3n) is 3.53. The lowest BCUT2D eigenvalue weighted by atomic mass is 9.78. The molecule has 1 aliphatic carbocycles. The van der Waals surface area contributed by atoms with Crippen molar-refractivity contribution in [3.63, 3.8) is 0 Å². The number of carbonyl (C=O) groups is 1. The minimum absolute atomic E-state index is 0.354. The molecule has 0 saturated carbocycles. The molecule has 2 heteroatoms. The zero-order valence-corrected chi connectivity index (χ0v) is 10.5. The molecular formula is C15H18O2. The lowest BCUT2D eigenvalue weighted by molar-refractivity contribution is -0.112. The highest BCUT2D eigenvalue weighted by molar-refractivity contribution is 5.72. The summed E-state index contributed by atoms with van der Waals surface area (Å²) in [7, 11) is 1.66. The van der Waals surface area contributed by atoms with Gasteiger partial charge in [-0.15, -0.1) is 6.58 Å². The van der Waals surface area contributed by atoms with Crippen LogP contribution >= 0.6 is 0 Å². The molecular weight excluding hydrogens is 212 g/mol. The van der Waals surface area contributed by atoms with Gasteiger partial charge in [-0.1, -0.05) is 11.6 Å². The number of hydrogen-bond donors (Lipinski definition) is 0. The number of rotatable bonds is 4. The van der Waals surface area contributed by atoms with Crippen molar-refractivity contribution < 1.29 is 9.53 Å². The average Bonchev–Trinajstić information content (AvgIpc) is 2.67. The van der Waals surface area contributed by atoms with Crippen molar-refractivity contribution in [2.75, 3.05) is 7.11 Å². The average molecular weight is 230 g/mol. The summed E-state index contributed by atoms with van der Waals surface area (Å²) < 4.78 is 5.22. The van der Waals surface area contributed by atoms with E-state index in [1.165, 1.54) is 5.56 Å². The van der Waals surface area contributed by atoms with E-state index in [1.54, 1.807) is 7.11 Å². The van der Waals surface area contributed by atoms with Crippen LogP contribution in [0.2, 0.25) is 0 Å². The maximum atomic E-state index is 11.5. The first kappa shape index (κ1) is 11.9. The number of ether oxygens (including phenoxy) is 1. The first-order valence-corrected chi connectivity index (χ1v) is 5.89. The lowest BCUT2D eigenvalue weighted by Gasteiger charge is -2.24. The number of benzene rings is 1. The van der Waals surface area contributed by atoms with Crippen LogP contribution in [-0.4, -0.2) is 13.4 Å². The number of aryl methyl sites for hydroxylation is 1. The van der Waals surface area contributed by atoms with E-state index in [9.17, 15) is 4.79 Å². The highest BCUT2D eigenvalue weighted by Gasteiger charge is 2.38. The van der Waals surface area contributed by atoms with Crippen molar-refractivity contribution in [3.05, 3.63) is 41.5 Å². The molecule has 2 nitrogen and oxygen atoms in total. The summed E-state index contributed by atoms with van der Waals surface area (Å²) in [6.45, 7) is 5.91. The fourth-order valence-electron chi connectivity index (χ4n) is 2.77. The summed E-state index contributed by atoms with van der Waals surface area (Å²) in [4.78, 5) is 11.5. The SMILES string of the molecule is C=C(C)CC1(C=O)CCc2cc(OC)ccc21. The van der Waals surface area contributed by atoms with Crippen LogP contribution < -0.4 is 4.74 Å². The molecule has 17 heavy (non-hydrogen) atoms. The Morgan fingerprint density at radius 3 is 2.94 bits per heavy atom. The Labute approximate surface area is 102 Å². The molecule has 0 N–H and O–H groups in total. The number of fused-ring (bicyclic) bond motifs is 1. The van der Waals surface area contributed by atoms with Crippen LogP contribution in [0.1, 0.15) is 30.9 Å². The molecule has 1 aromatic rings. The van der Waals surface area contributed by atoms with Crippen molar-refractivity contribution in [2.24, 2.45) is 0 Å². The molecule has 0 aliphatic heterocycles. The van der Waals surface area contributed by atoms with Gasteiger partial charge in [0.25, 0.3) is 0 Å². The smallest absolute Gasteiger partial charge is 0.130 e. The second-order valence-electron chi connectivity index (χ2n) is 4.93. The van der Waals surface area contributed by atoms with E-state index in [4.69, 9.17) is 4.74 Å². The fourth-order valence-corrected chi connectivity index (χ4v) is 2.77. The predicted octanol–water partition coefficient (Wildman–Crippen LogP) is 3.04. The summed E-state index contributed by atoms with van der Waals surface area (Å²) in [5, 5.41) is 0. The standard InChI is InChI=1S/C15H18O2/c1-11(2)9-15(10-16)7-6-12-8-13(17-3)4-5-14(12)15/h4-5,8,10H,1,6-7,9H2,2-3H3. The molecule has 0 fully saturated rings. The number of allylic oxidation sites excluding steroid dienone is 1. The van der Waals surface area contributed by atoms with Crippen LogP contribution in [0.5, 0.6) is 5.75 Å². The Morgan fingerprint density at radius 2 is 2.35 bits per heavy atom. The number of hydrogen-bond acceptors (Lipinski definition) is 2. The van der Waals surface area contributed by atoms with Crippen LogP contribution in [-0.2, 0) is 16.6 Å². The first-order chi connectivity index (χ1) is 8.11. The van der Waals surface area contributed by atoms with Gasteiger partial charge in [0.05, 0.1) is 12.5 Å². The van der Waals surface area contributed by atoms with Crippen LogP contribution in [0.4, 0.5) is 0 Å². The maximum Gasteiger partial charge on any atom is 0.130 e. The van der Waals surface area contributed by atoms with E-state index in [2.05, 4.69) is 6.58 Å². The highest BCUT2D eigenvalue weighted by atomic mass is 16.5. The largest absolute Gasteiger partial charge is 0.497 e. The van der Waals surface area contributed by atoms with E-state index >= 15 is 0 Å². The summed E-state index contributed by atoms with van der Waals surface area (Å²) in [6, 6.07) is 6.00. The summed E-state index contributed by atoms with van der Waals surface area (Å²) in [6.07, 6.45) is 3.67. The fraction of sp³-hybridized carbons (Fsp3) is 0.400. The summed E-state index contributed by atoms with van der Waals surface area (Å²) >= 11 is 0. The summed E-state index contributed by atoms with van der Waals surface area (Å²) in [5.74, 6) is 0.862. The third-order valence-corrected chi connectivity index (χ3v) is 3.53. The topological polar surface area (TPSA) is 26.3 Å². The van der Waals surface area contributed by atoms with Gasteiger partial charge in [0.1, 0.15) is 12.0 Å². The molecule has 1 unspecified atom stereocenters. The van der Waals surface area contributed by atoms with E-state index in [-0.39, 0.29) is 5.41 Å². The van der Waals surface area contributed by atoms with Crippen LogP contribution in [0.15, 0.2) is 30.4 Å². The molecule has 1 aromatic carbocycles. The van der Waals surface area contributed by atoms with E-state index in [1.807, 2.05) is 25.1 Å². The zero-order chi connectivity index (χ0) is 12.5. The van der Waals surface area contributed by atoms with Crippen molar-refractivity contribution in [1.29, 1.82) is 0 Å². The van der Waals surface area contributed by atoms with Gasteiger partial charge >= 0.3 is 0 Å². The Kier molecular flexibility index (Phi) is 3.05. The van der Waals surface area contributed by atoms with Gasteiger partial charge in [0.2, 0.25) is 0 Å². The van der Waals surface area contributed by atoms with Crippen LogP contribution in [0.25, 0.3) is 0 Å². The molecule has 0 heterocycles. The lowest BCUT2D eigenvalue weighted by Crippen LogP contribution is -2.25. The Bertz CT molecular complexity index is 462. The normalized spacial score (nSPS) is 22.0. The number of aldehydes is 1.